The second kappa shape index (κ2) is 12.4. The first-order chi connectivity index (χ1) is 29.6. The van der Waals surface area contributed by atoms with Crippen LogP contribution in [0, 0.1) is 0 Å². The highest BCUT2D eigenvalue weighted by Gasteiger charge is 2.49. The van der Waals surface area contributed by atoms with Gasteiger partial charge in [0.15, 0.2) is 29.1 Å². The number of rotatable bonds is 2. The van der Waals surface area contributed by atoms with Gasteiger partial charge in [-0.3, -0.25) is 0 Å². The molecule has 304 valence electrons. The van der Waals surface area contributed by atoms with Crippen molar-refractivity contribution < 1.29 is 13.6 Å². The van der Waals surface area contributed by atoms with Crippen LogP contribution in [0.2, 0.25) is 0 Å². The molecular formula is C55H48BN3O3. The maximum Gasteiger partial charge on any atom is 0.333 e. The van der Waals surface area contributed by atoms with Crippen molar-refractivity contribution in [1.29, 1.82) is 0 Å². The van der Waals surface area contributed by atoms with Gasteiger partial charge >= 0.3 is 6.85 Å². The molecule has 0 atom stereocenters. The molecule has 3 aliphatic heterocycles. The van der Waals surface area contributed by atoms with Crippen LogP contribution in [0.3, 0.4) is 0 Å². The number of nitrogens with zero attached hydrogens (tertiary/aromatic N) is 3. The van der Waals surface area contributed by atoms with Crippen molar-refractivity contribution in [2.24, 2.45) is 0 Å². The minimum Gasteiger partial charge on any atom is -0.452 e. The molecule has 0 spiro atoms. The number of para-hydroxylation sites is 1. The Morgan fingerprint density at radius 1 is 0.565 bits per heavy atom. The van der Waals surface area contributed by atoms with E-state index in [1.165, 1.54) is 45.3 Å². The van der Waals surface area contributed by atoms with E-state index in [0.717, 1.165) is 84.0 Å². The zero-order chi connectivity index (χ0) is 42.6. The molecule has 7 aromatic carbocycles. The average Bonchev–Trinajstić information content (AvgIpc) is 3.88. The number of anilines is 5. The molecular weight excluding hydrogens is 761 g/mol. The lowest BCUT2D eigenvalue weighted by Crippen LogP contribution is -2.62. The van der Waals surface area contributed by atoms with Crippen LogP contribution in [0.1, 0.15) is 79.0 Å². The van der Waals surface area contributed by atoms with Gasteiger partial charge in [0.1, 0.15) is 11.1 Å². The molecule has 0 radical (unpaired) electrons. The van der Waals surface area contributed by atoms with Crippen LogP contribution in [-0.4, -0.2) is 11.8 Å². The zero-order valence-corrected chi connectivity index (χ0v) is 36.8. The van der Waals surface area contributed by atoms with Crippen molar-refractivity contribution >= 4 is 79.2 Å². The lowest BCUT2D eigenvalue weighted by Gasteiger charge is -2.48. The summed E-state index contributed by atoms with van der Waals surface area (Å²) in [7, 11) is 0. The lowest BCUT2D eigenvalue weighted by atomic mass is 9.43. The van der Waals surface area contributed by atoms with Gasteiger partial charge in [-0.1, -0.05) is 123 Å². The minimum absolute atomic E-state index is 0.0157. The monoisotopic (exact) mass is 809 g/mol. The molecule has 0 aliphatic carbocycles. The molecule has 0 bridgehead atoms. The number of aromatic nitrogens is 1. The molecule has 0 unspecified atom stereocenters. The van der Waals surface area contributed by atoms with Crippen molar-refractivity contribution in [2.75, 3.05) is 9.71 Å². The Morgan fingerprint density at radius 3 is 2.06 bits per heavy atom. The molecule has 6 nitrogen and oxygen atoms in total. The summed E-state index contributed by atoms with van der Waals surface area (Å²) >= 11 is 0. The van der Waals surface area contributed by atoms with Gasteiger partial charge in [-0.15, -0.1) is 0 Å². The molecule has 7 heteroatoms. The van der Waals surface area contributed by atoms with Gasteiger partial charge in [0, 0.05) is 33.4 Å². The third-order valence-corrected chi connectivity index (χ3v) is 13.4. The second-order valence-corrected chi connectivity index (χ2v) is 20.5. The lowest BCUT2D eigenvalue weighted by molar-refractivity contribution is 0.469. The summed E-state index contributed by atoms with van der Waals surface area (Å²) in [5.74, 6) is 1.60. The molecule has 0 fully saturated rings. The molecule has 0 saturated carbocycles. The molecule has 3 aliphatic rings. The Kier molecular flexibility index (Phi) is 7.44. The zero-order valence-electron chi connectivity index (χ0n) is 36.8. The predicted octanol–water partition coefficient (Wildman–Crippen LogP) is 14.1. The van der Waals surface area contributed by atoms with Crippen LogP contribution in [0.15, 0.2) is 137 Å². The van der Waals surface area contributed by atoms with Crippen LogP contribution in [0.5, 0.6) is 11.5 Å². The van der Waals surface area contributed by atoms with Gasteiger partial charge in [-0.2, -0.15) is 0 Å². The Labute approximate surface area is 362 Å². The van der Waals surface area contributed by atoms with Gasteiger partial charge in [0.2, 0.25) is 0 Å². The summed E-state index contributed by atoms with van der Waals surface area (Å²) in [4.78, 5) is 9.49. The van der Waals surface area contributed by atoms with Crippen LogP contribution in [0.25, 0.3) is 55.3 Å². The van der Waals surface area contributed by atoms with E-state index in [9.17, 15) is 0 Å². The van der Waals surface area contributed by atoms with E-state index in [1.54, 1.807) is 0 Å². The Hall–Kier alpha value is -6.73. The third-order valence-electron chi connectivity index (χ3n) is 13.4. The van der Waals surface area contributed by atoms with Crippen molar-refractivity contribution in [3.05, 3.63) is 144 Å². The molecule has 0 saturated heterocycles. The van der Waals surface area contributed by atoms with E-state index in [-0.39, 0.29) is 23.1 Å². The van der Waals surface area contributed by atoms with Crippen LogP contribution < -0.4 is 25.4 Å². The minimum atomic E-state index is -0.184. The highest BCUT2D eigenvalue weighted by atomic mass is 16.5. The standard InChI is InChI=1S/C55H48BN3O3/c1-53(2,3)33-16-19-36(20-17-33)58-44-24-31(32-15-22-42-47(25-32)60-30-57-42)14-21-41(44)56-49-38(26-35(27-45(49)58)55(7,8)9)39-29-40-37-12-10-11-13-46(37)61-51(40)52-50(39)59(56)43-23-18-34(54(4,5)6)28-48(43)62-52/h10-30H,1-9H3. The van der Waals surface area contributed by atoms with Gasteiger partial charge < -0.3 is 23.3 Å². The van der Waals surface area contributed by atoms with Gasteiger partial charge in [0.25, 0.3) is 0 Å². The normalized spacial score (nSPS) is 14.2. The number of ether oxygens (including phenoxy) is 1. The summed E-state index contributed by atoms with van der Waals surface area (Å²) in [6, 6.07) is 45.0. The SMILES string of the molecule is CC(C)(C)c1ccc(N2c3cc(-c4ccc5ncoc5c4)ccc3B3c4c(cc(C(C)(C)C)cc42)-c2cc4c(oc5ccccc54)c4c2N3c2ccc(C(C)(C)C)cc2O4)cc1. The molecule has 12 rings (SSSR count). The van der Waals surface area contributed by atoms with Crippen molar-refractivity contribution in [3.63, 3.8) is 0 Å². The van der Waals surface area contributed by atoms with E-state index in [2.05, 4.69) is 186 Å². The van der Waals surface area contributed by atoms with E-state index < -0.39 is 0 Å². The number of fused-ring (bicyclic) bond motifs is 11. The van der Waals surface area contributed by atoms with Gasteiger partial charge in [-0.05, 0) is 121 Å². The fraction of sp³-hybridized carbons (Fsp3) is 0.218. The Bertz CT molecular complexity index is 3360. The average molecular weight is 810 g/mol. The number of hydrogen-bond donors (Lipinski definition) is 0. The first-order valence-corrected chi connectivity index (χ1v) is 21.8. The Morgan fingerprint density at radius 2 is 1.29 bits per heavy atom. The fourth-order valence-electron chi connectivity index (χ4n) is 10.0. The second-order valence-electron chi connectivity index (χ2n) is 20.5. The molecule has 0 amide bonds. The van der Waals surface area contributed by atoms with E-state index >= 15 is 0 Å². The van der Waals surface area contributed by atoms with Crippen LogP contribution in [0.4, 0.5) is 28.4 Å². The molecule has 0 N–H and O–H groups in total. The van der Waals surface area contributed by atoms with Crippen molar-refractivity contribution in [3.8, 4) is 33.8 Å². The fourth-order valence-corrected chi connectivity index (χ4v) is 10.0. The summed E-state index contributed by atoms with van der Waals surface area (Å²) in [6.45, 7) is 20.4. The van der Waals surface area contributed by atoms with Gasteiger partial charge in [0.05, 0.1) is 11.4 Å². The van der Waals surface area contributed by atoms with E-state index in [4.69, 9.17) is 13.6 Å². The number of hydrogen-bond acceptors (Lipinski definition) is 6. The number of benzene rings is 7. The topological polar surface area (TPSA) is 54.9 Å². The predicted molar refractivity (Wildman–Crippen MR) is 257 cm³/mol. The highest BCUT2D eigenvalue weighted by Crippen LogP contribution is 2.59. The van der Waals surface area contributed by atoms with E-state index in [1.807, 2.05) is 12.1 Å². The maximum atomic E-state index is 7.22. The van der Waals surface area contributed by atoms with Crippen molar-refractivity contribution in [2.45, 2.75) is 78.6 Å². The Balaban J connectivity index is 1.21. The maximum absolute atomic E-state index is 7.22. The number of furan rings is 1. The molecule has 62 heavy (non-hydrogen) atoms. The smallest absolute Gasteiger partial charge is 0.333 e. The third kappa shape index (κ3) is 5.33. The van der Waals surface area contributed by atoms with Crippen LogP contribution >= 0.6 is 0 Å². The highest BCUT2D eigenvalue weighted by molar-refractivity contribution is 6.94. The summed E-state index contributed by atoms with van der Waals surface area (Å²) < 4.78 is 19.8. The molecule has 5 heterocycles. The quantitative estimate of drug-likeness (QED) is 0.162. The summed E-state index contributed by atoms with van der Waals surface area (Å²) in [5, 5.41) is 2.13. The first kappa shape index (κ1) is 37.1. The summed E-state index contributed by atoms with van der Waals surface area (Å²) in [5.41, 5.74) is 19.3. The largest absolute Gasteiger partial charge is 0.452 e. The van der Waals surface area contributed by atoms with Gasteiger partial charge in [-0.25, -0.2) is 4.98 Å². The van der Waals surface area contributed by atoms with E-state index in [0.29, 0.717) is 0 Å². The summed E-state index contributed by atoms with van der Waals surface area (Å²) in [6.07, 6.45) is 1.52. The number of oxazole rings is 1. The van der Waals surface area contributed by atoms with Crippen LogP contribution in [-0.2, 0) is 16.2 Å². The molecule has 2 aromatic heterocycles. The first-order valence-electron chi connectivity index (χ1n) is 21.8. The van der Waals surface area contributed by atoms with Crippen molar-refractivity contribution in [1.82, 2.24) is 4.98 Å². The molecule has 9 aromatic rings.